The Bertz CT molecular complexity index is 406. The highest BCUT2D eigenvalue weighted by Crippen LogP contribution is 2.20. The van der Waals surface area contributed by atoms with E-state index in [-0.39, 0.29) is 11.3 Å². The maximum atomic E-state index is 11.9. The Kier molecular flexibility index (Phi) is 3.95. The van der Waals surface area contributed by atoms with Crippen LogP contribution in [0.4, 0.5) is 13.2 Å². The molecule has 0 aliphatic heterocycles. The van der Waals surface area contributed by atoms with E-state index in [1.807, 2.05) is 5.32 Å². The Morgan fingerprint density at radius 1 is 1.35 bits per heavy atom. The summed E-state index contributed by atoms with van der Waals surface area (Å²) in [6.45, 7) is -0.962. The molecule has 0 spiro atoms. The fourth-order valence-electron chi connectivity index (χ4n) is 1.07. The zero-order valence-corrected chi connectivity index (χ0v) is 8.53. The van der Waals surface area contributed by atoms with E-state index in [1.165, 1.54) is 24.3 Å². The minimum atomic E-state index is -4.79. The molecule has 4 nitrogen and oxygen atoms in total. The van der Waals surface area contributed by atoms with Gasteiger partial charge in [-0.05, 0) is 12.1 Å². The average molecular weight is 249 g/mol. The number of para-hydroxylation sites is 1. The highest BCUT2D eigenvalue weighted by Gasteiger charge is 2.38. The van der Waals surface area contributed by atoms with Crippen LogP contribution in [0.2, 0.25) is 0 Å². The molecule has 17 heavy (non-hydrogen) atoms. The van der Waals surface area contributed by atoms with Crippen molar-refractivity contribution in [2.45, 2.75) is 12.3 Å². The van der Waals surface area contributed by atoms with Gasteiger partial charge in [-0.3, -0.25) is 4.79 Å². The number of carbonyl (C=O) groups excluding carboxylic acids is 1. The van der Waals surface area contributed by atoms with Gasteiger partial charge < -0.3 is 15.5 Å². The lowest BCUT2D eigenvalue weighted by Gasteiger charge is -2.15. The van der Waals surface area contributed by atoms with Crippen LogP contribution in [0, 0.1) is 0 Å². The second kappa shape index (κ2) is 5.05. The highest BCUT2D eigenvalue weighted by molar-refractivity contribution is 5.96. The zero-order chi connectivity index (χ0) is 13.1. The second-order valence-electron chi connectivity index (χ2n) is 3.28. The number of phenolic OH excluding ortho intramolecular Hbond substituents is 1. The maximum Gasteiger partial charge on any atom is 0.416 e. The topological polar surface area (TPSA) is 69.6 Å². The number of carbonyl (C=O) groups is 1. The predicted octanol–water partition coefficient (Wildman–Crippen LogP) is 1.05. The summed E-state index contributed by atoms with van der Waals surface area (Å²) in [6, 6.07) is 5.41. The van der Waals surface area contributed by atoms with Crippen LogP contribution in [0.3, 0.4) is 0 Å². The van der Waals surface area contributed by atoms with Crippen LogP contribution >= 0.6 is 0 Å². The third-order valence-corrected chi connectivity index (χ3v) is 1.98. The van der Waals surface area contributed by atoms with Crippen molar-refractivity contribution in [1.29, 1.82) is 0 Å². The van der Waals surface area contributed by atoms with Gasteiger partial charge in [0.05, 0.1) is 12.1 Å². The first-order valence-corrected chi connectivity index (χ1v) is 4.63. The fraction of sp³-hybridized carbons (Fsp3) is 0.300. The summed E-state index contributed by atoms with van der Waals surface area (Å²) in [5, 5.41) is 19.8. The van der Waals surface area contributed by atoms with E-state index >= 15 is 0 Å². The molecule has 1 atom stereocenters. The van der Waals surface area contributed by atoms with Gasteiger partial charge in [-0.2, -0.15) is 13.2 Å². The SMILES string of the molecule is O=C(NCC(O)C(F)(F)F)c1ccccc1O. The van der Waals surface area contributed by atoms with Crippen molar-refractivity contribution in [2.24, 2.45) is 0 Å². The van der Waals surface area contributed by atoms with Gasteiger partial charge in [0.15, 0.2) is 6.10 Å². The number of rotatable bonds is 3. The lowest BCUT2D eigenvalue weighted by atomic mass is 10.2. The largest absolute Gasteiger partial charge is 0.507 e. The number of hydrogen-bond acceptors (Lipinski definition) is 3. The number of halogens is 3. The Morgan fingerprint density at radius 2 is 1.94 bits per heavy atom. The molecule has 0 aromatic heterocycles. The zero-order valence-electron chi connectivity index (χ0n) is 8.53. The number of aromatic hydroxyl groups is 1. The fourth-order valence-corrected chi connectivity index (χ4v) is 1.07. The summed E-state index contributed by atoms with van der Waals surface area (Å²) in [5.41, 5.74) is -0.151. The molecule has 3 N–H and O–H groups in total. The lowest BCUT2D eigenvalue weighted by Crippen LogP contribution is -2.40. The average Bonchev–Trinajstić information content (AvgIpc) is 2.24. The third kappa shape index (κ3) is 3.63. The van der Waals surface area contributed by atoms with Crippen LogP contribution in [-0.2, 0) is 0 Å². The summed E-state index contributed by atoms with van der Waals surface area (Å²) in [4.78, 5) is 11.3. The lowest BCUT2D eigenvalue weighted by molar-refractivity contribution is -0.201. The van der Waals surface area contributed by atoms with Crippen molar-refractivity contribution in [2.75, 3.05) is 6.54 Å². The van der Waals surface area contributed by atoms with Gasteiger partial charge in [-0.25, -0.2) is 0 Å². The van der Waals surface area contributed by atoms with Crippen LogP contribution in [-0.4, -0.2) is 34.9 Å². The first-order chi connectivity index (χ1) is 7.82. The van der Waals surface area contributed by atoms with Crippen LogP contribution in [0.5, 0.6) is 5.75 Å². The Balaban J connectivity index is 2.60. The quantitative estimate of drug-likeness (QED) is 0.749. The van der Waals surface area contributed by atoms with Gasteiger partial charge in [-0.15, -0.1) is 0 Å². The number of hydrogen-bond donors (Lipinski definition) is 3. The van der Waals surface area contributed by atoms with Crippen molar-refractivity contribution in [3.8, 4) is 5.75 Å². The number of aliphatic hydroxyl groups is 1. The van der Waals surface area contributed by atoms with Crippen LogP contribution in [0.15, 0.2) is 24.3 Å². The standard InChI is InChI=1S/C10H10F3NO3/c11-10(12,13)8(16)5-14-9(17)6-3-1-2-4-7(6)15/h1-4,8,15-16H,5H2,(H,14,17). The molecule has 1 aromatic carbocycles. The van der Waals surface area contributed by atoms with Gasteiger partial charge in [0.2, 0.25) is 0 Å². The van der Waals surface area contributed by atoms with Gasteiger partial charge in [0, 0.05) is 0 Å². The van der Waals surface area contributed by atoms with Gasteiger partial charge in [0.1, 0.15) is 5.75 Å². The van der Waals surface area contributed by atoms with Crippen LogP contribution in [0.1, 0.15) is 10.4 Å². The smallest absolute Gasteiger partial charge is 0.416 e. The van der Waals surface area contributed by atoms with E-state index < -0.39 is 24.7 Å². The number of phenols is 1. The maximum absolute atomic E-state index is 11.9. The predicted molar refractivity (Wildman–Crippen MR) is 52.5 cm³/mol. The number of alkyl halides is 3. The van der Waals surface area contributed by atoms with Crippen molar-refractivity contribution in [1.82, 2.24) is 5.32 Å². The molecule has 0 aliphatic carbocycles. The molecule has 0 heterocycles. The molecule has 0 radical (unpaired) electrons. The molecule has 1 aromatic rings. The normalized spacial score (nSPS) is 13.2. The number of benzene rings is 1. The first kappa shape index (κ1) is 13.3. The molecule has 1 amide bonds. The van der Waals surface area contributed by atoms with E-state index in [0.717, 1.165) is 0 Å². The first-order valence-electron chi connectivity index (χ1n) is 4.63. The van der Waals surface area contributed by atoms with Gasteiger partial charge in [0.25, 0.3) is 5.91 Å². The van der Waals surface area contributed by atoms with Crippen molar-refractivity contribution in [3.63, 3.8) is 0 Å². The summed E-state index contributed by atoms with van der Waals surface area (Å²) in [5.74, 6) is -1.22. The van der Waals surface area contributed by atoms with E-state index in [9.17, 15) is 23.1 Å². The van der Waals surface area contributed by atoms with E-state index in [4.69, 9.17) is 5.11 Å². The Morgan fingerprint density at radius 3 is 2.47 bits per heavy atom. The molecule has 1 rings (SSSR count). The molecular formula is C10H10F3NO3. The molecule has 0 aliphatic rings. The van der Waals surface area contributed by atoms with Crippen LogP contribution in [0.25, 0.3) is 0 Å². The second-order valence-corrected chi connectivity index (χ2v) is 3.28. The van der Waals surface area contributed by atoms with Gasteiger partial charge in [-0.1, -0.05) is 12.1 Å². The Hall–Kier alpha value is -1.76. The van der Waals surface area contributed by atoms with Crippen LogP contribution < -0.4 is 5.32 Å². The number of aliphatic hydroxyl groups excluding tert-OH is 1. The molecule has 0 bridgehead atoms. The molecule has 94 valence electrons. The van der Waals surface area contributed by atoms with Gasteiger partial charge >= 0.3 is 6.18 Å². The van der Waals surface area contributed by atoms with Crippen molar-refractivity contribution >= 4 is 5.91 Å². The highest BCUT2D eigenvalue weighted by atomic mass is 19.4. The summed E-state index contributed by atoms with van der Waals surface area (Å²) in [6.07, 6.45) is -7.41. The summed E-state index contributed by atoms with van der Waals surface area (Å²) < 4.78 is 35.8. The van der Waals surface area contributed by atoms with Crippen molar-refractivity contribution in [3.05, 3.63) is 29.8 Å². The third-order valence-electron chi connectivity index (χ3n) is 1.98. The van der Waals surface area contributed by atoms with E-state index in [0.29, 0.717) is 0 Å². The molecule has 1 unspecified atom stereocenters. The molecule has 7 heteroatoms. The molecule has 0 saturated heterocycles. The molecule has 0 saturated carbocycles. The minimum absolute atomic E-state index is 0.151. The van der Waals surface area contributed by atoms with E-state index in [1.54, 1.807) is 0 Å². The number of nitrogens with one attached hydrogen (secondary N) is 1. The Labute approximate surface area is 94.7 Å². The molecular weight excluding hydrogens is 239 g/mol. The minimum Gasteiger partial charge on any atom is -0.507 e. The monoisotopic (exact) mass is 249 g/mol. The summed E-state index contributed by atoms with van der Waals surface area (Å²) in [7, 11) is 0. The van der Waals surface area contributed by atoms with E-state index in [2.05, 4.69) is 0 Å². The molecule has 0 fully saturated rings. The number of amides is 1. The summed E-state index contributed by atoms with van der Waals surface area (Å²) >= 11 is 0. The van der Waals surface area contributed by atoms with Crippen molar-refractivity contribution < 1.29 is 28.2 Å².